The third kappa shape index (κ3) is 19.1. The second-order valence-corrected chi connectivity index (χ2v) is 14.1. The van der Waals surface area contributed by atoms with Crippen LogP contribution in [0.4, 0.5) is 0 Å². The van der Waals surface area contributed by atoms with Crippen LogP contribution in [0.1, 0.15) is 71.8 Å². The Kier molecular flexibility index (Phi) is 22.2. The van der Waals surface area contributed by atoms with Gasteiger partial charge in [0.15, 0.2) is 5.96 Å². The number of aliphatic hydroxyl groups excluding tert-OH is 1. The van der Waals surface area contributed by atoms with Crippen molar-refractivity contribution in [3.8, 4) is 0 Å². The van der Waals surface area contributed by atoms with Crippen molar-refractivity contribution in [2.24, 2.45) is 33.8 Å². The van der Waals surface area contributed by atoms with E-state index in [2.05, 4.69) is 31.6 Å². The molecule has 2 rings (SSSR count). The molecule has 0 aliphatic carbocycles. The number of likely N-dealkylation sites (tertiary alicyclic amines) is 1. The molecule has 1 aliphatic heterocycles. The number of aliphatic hydroxyl groups is 1. The van der Waals surface area contributed by atoms with Gasteiger partial charge in [-0.05, 0) is 43.6 Å². The summed E-state index contributed by atoms with van der Waals surface area (Å²) in [4.78, 5) is 117. The van der Waals surface area contributed by atoms with Gasteiger partial charge in [-0.2, -0.15) is 0 Å². The SMILES string of the molecule is CC(=O)N1CCC[C@H]1C(=O)N[C@@H](Cc1ccccc1)C(=O)N[C@@H](CCCN=C(N)N)C(=O)N[C@@H](CO)C(=O)N[C@H](C(=O)N[C@@H](CCC(N)=O)C(N)=O)C(C)C.CC(=O)O. The standard InChI is InChI=1S/C35H55N11O9.C2H4O2/c1-19(2)28(34(55)41-22(29(37)50)13-14-27(36)49)45-32(53)25(18-47)44-30(51)23(11-7-15-40-35(38)39)42-31(52)24(17-21-9-5-4-6-10-21)43-33(54)26-12-8-16-46(26)20(3)48;1-2(3)4/h4-6,9-10,19,22-26,28,47H,7-8,11-18H2,1-3H3,(H2,36,49)(H2,37,50)(H,41,55)(H,42,52)(H,43,54)(H,44,51)(H,45,53)(H4,38,39,40);1H3,(H,3,4)/t22-,23-,24-,25-,26-,28-;/m0./s1. The number of carboxylic acid groups (broad SMARTS) is 1. The lowest BCUT2D eigenvalue weighted by Crippen LogP contribution is -2.61. The molecule has 0 unspecified atom stereocenters. The lowest BCUT2D eigenvalue weighted by Gasteiger charge is -2.28. The number of carboxylic acids is 1. The third-order valence-electron chi connectivity index (χ3n) is 8.86. The highest BCUT2D eigenvalue weighted by molar-refractivity contribution is 5.97. The van der Waals surface area contributed by atoms with Gasteiger partial charge in [0.05, 0.1) is 6.61 Å². The normalized spacial score (nSPS) is 15.7. The molecule has 0 bridgehead atoms. The first-order chi connectivity index (χ1) is 27.7. The van der Waals surface area contributed by atoms with E-state index in [1.807, 2.05) is 0 Å². The molecule has 1 fully saturated rings. The highest BCUT2D eigenvalue weighted by Crippen LogP contribution is 2.18. The van der Waals surface area contributed by atoms with E-state index in [1.165, 1.54) is 11.8 Å². The number of amides is 8. The summed E-state index contributed by atoms with van der Waals surface area (Å²) in [6, 6.07) is 1.37. The minimum absolute atomic E-state index is 0.0347. The Labute approximate surface area is 342 Å². The number of benzene rings is 1. The van der Waals surface area contributed by atoms with Crippen LogP contribution in [-0.4, -0.2) is 130 Å². The summed E-state index contributed by atoms with van der Waals surface area (Å²) in [5.74, 6) is -7.47. The van der Waals surface area contributed by atoms with Crippen molar-refractivity contribution in [2.75, 3.05) is 19.7 Å². The van der Waals surface area contributed by atoms with Crippen molar-refractivity contribution in [2.45, 2.75) is 109 Å². The van der Waals surface area contributed by atoms with Crippen molar-refractivity contribution < 1.29 is 53.4 Å². The molecule has 8 amide bonds. The molecule has 1 aromatic rings. The maximum absolute atomic E-state index is 13.9. The molecule has 6 atom stereocenters. The largest absolute Gasteiger partial charge is 0.481 e. The van der Waals surface area contributed by atoms with Gasteiger partial charge in [-0.3, -0.25) is 48.1 Å². The summed E-state index contributed by atoms with van der Waals surface area (Å²) < 4.78 is 0. The molecule has 1 aromatic carbocycles. The number of carbonyl (C=O) groups excluding carboxylic acids is 8. The fourth-order valence-corrected chi connectivity index (χ4v) is 5.88. The van der Waals surface area contributed by atoms with Crippen LogP contribution in [0.25, 0.3) is 0 Å². The molecule has 22 nitrogen and oxygen atoms in total. The van der Waals surface area contributed by atoms with Crippen LogP contribution in [0.15, 0.2) is 35.3 Å². The van der Waals surface area contributed by atoms with E-state index < -0.39 is 96.1 Å². The van der Waals surface area contributed by atoms with Gasteiger partial charge in [0.1, 0.15) is 36.3 Å². The first-order valence-corrected chi connectivity index (χ1v) is 18.9. The number of rotatable bonds is 22. The van der Waals surface area contributed by atoms with E-state index in [9.17, 15) is 43.5 Å². The molecule has 0 saturated carbocycles. The molecule has 15 N–H and O–H groups in total. The molecular formula is C37H59N11O11. The zero-order chi connectivity index (χ0) is 44.8. The predicted octanol–water partition coefficient (Wildman–Crippen LogP) is -3.79. The van der Waals surface area contributed by atoms with Crippen molar-refractivity contribution in [3.63, 3.8) is 0 Å². The smallest absolute Gasteiger partial charge is 0.300 e. The van der Waals surface area contributed by atoms with E-state index in [0.717, 1.165) is 6.92 Å². The second kappa shape index (κ2) is 25.8. The molecule has 0 radical (unpaired) electrons. The van der Waals surface area contributed by atoms with Crippen LogP contribution < -0.4 is 49.5 Å². The van der Waals surface area contributed by atoms with Crippen LogP contribution in [0, 0.1) is 5.92 Å². The minimum Gasteiger partial charge on any atom is -0.481 e. The van der Waals surface area contributed by atoms with Gasteiger partial charge in [0.25, 0.3) is 5.97 Å². The number of hydrogen-bond donors (Lipinski definition) is 11. The lowest BCUT2D eigenvalue weighted by atomic mass is 10.0. The van der Waals surface area contributed by atoms with E-state index in [-0.39, 0.29) is 50.5 Å². The molecule has 22 heteroatoms. The van der Waals surface area contributed by atoms with Gasteiger partial charge in [-0.25, -0.2) is 0 Å². The molecule has 328 valence electrons. The van der Waals surface area contributed by atoms with E-state index in [1.54, 1.807) is 44.2 Å². The van der Waals surface area contributed by atoms with Gasteiger partial charge in [-0.15, -0.1) is 0 Å². The monoisotopic (exact) mass is 833 g/mol. The molecule has 1 aliphatic rings. The average molecular weight is 834 g/mol. The molecule has 1 heterocycles. The Hall–Kier alpha value is -6.32. The van der Waals surface area contributed by atoms with Gasteiger partial charge in [-0.1, -0.05) is 44.2 Å². The number of nitrogens with two attached hydrogens (primary N) is 4. The summed E-state index contributed by atoms with van der Waals surface area (Å²) in [6.45, 7) is 5.19. The number of hydrogen-bond acceptors (Lipinski definition) is 11. The minimum atomic E-state index is -1.61. The summed E-state index contributed by atoms with van der Waals surface area (Å²) in [6.07, 6.45) is 0.778. The lowest BCUT2D eigenvalue weighted by molar-refractivity contribution is -0.138. The topological polar surface area (TPSA) is 374 Å². The molecule has 0 spiro atoms. The number of primary amides is 2. The van der Waals surface area contributed by atoms with Gasteiger partial charge >= 0.3 is 0 Å². The third-order valence-corrected chi connectivity index (χ3v) is 8.86. The van der Waals surface area contributed by atoms with Crippen LogP contribution >= 0.6 is 0 Å². The Morgan fingerprint density at radius 3 is 1.86 bits per heavy atom. The Balaban J connectivity index is 0.00000415. The predicted molar refractivity (Wildman–Crippen MR) is 213 cm³/mol. The molecule has 59 heavy (non-hydrogen) atoms. The zero-order valence-corrected chi connectivity index (χ0v) is 33.8. The Bertz CT molecular complexity index is 1650. The number of aliphatic imine (C=N–C) groups is 1. The molecule has 1 saturated heterocycles. The van der Waals surface area contributed by atoms with Gasteiger partial charge in [0, 0.05) is 39.8 Å². The fraction of sp³-hybridized carbons (Fsp3) is 0.568. The van der Waals surface area contributed by atoms with Gasteiger partial charge < -0.3 is 64.6 Å². The number of nitrogens with zero attached hydrogens (tertiary/aromatic N) is 2. The van der Waals surface area contributed by atoms with Crippen LogP contribution in [0.2, 0.25) is 0 Å². The van der Waals surface area contributed by atoms with Crippen molar-refractivity contribution in [1.82, 2.24) is 31.5 Å². The second-order valence-electron chi connectivity index (χ2n) is 14.1. The maximum Gasteiger partial charge on any atom is 0.300 e. The first kappa shape index (κ1) is 50.7. The van der Waals surface area contributed by atoms with Crippen LogP contribution in [0.5, 0.6) is 0 Å². The average Bonchev–Trinajstić information content (AvgIpc) is 3.66. The number of carbonyl (C=O) groups is 9. The highest BCUT2D eigenvalue weighted by atomic mass is 16.4. The van der Waals surface area contributed by atoms with Crippen molar-refractivity contribution >= 4 is 59.2 Å². The first-order valence-electron chi connectivity index (χ1n) is 18.9. The van der Waals surface area contributed by atoms with Crippen molar-refractivity contribution in [1.29, 1.82) is 0 Å². The molecular weight excluding hydrogens is 774 g/mol. The van der Waals surface area contributed by atoms with E-state index >= 15 is 0 Å². The summed E-state index contributed by atoms with van der Waals surface area (Å²) in [5, 5.41) is 30.2. The van der Waals surface area contributed by atoms with Crippen LogP contribution in [0.3, 0.4) is 0 Å². The van der Waals surface area contributed by atoms with Crippen molar-refractivity contribution in [3.05, 3.63) is 35.9 Å². The summed E-state index contributed by atoms with van der Waals surface area (Å²) in [7, 11) is 0. The Morgan fingerprint density at radius 1 is 0.780 bits per heavy atom. The van der Waals surface area contributed by atoms with Crippen LogP contribution in [-0.2, 0) is 49.6 Å². The molecule has 0 aromatic heterocycles. The maximum atomic E-state index is 13.9. The van der Waals surface area contributed by atoms with Gasteiger partial charge in [0.2, 0.25) is 47.3 Å². The number of aliphatic carboxylic acids is 1. The number of nitrogens with one attached hydrogen (secondary N) is 5. The fourth-order valence-electron chi connectivity index (χ4n) is 5.88. The summed E-state index contributed by atoms with van der Waals surface area (Å²) >= 11 is 0. The van der Waals surface area contributed by atoms with E-state index in [0.29, 0.717) is 24.9 Å². The Morgan fingerprint density at radius 2 is 1.34 bits per heavy atom. The summed E-state index contributed by atoms with van der Waals surface area (Å²) in [5.41, 5.74) is 22.1. The zero-order valence-electron chi connectivity index (χ0n) is 33.8. The quantitative estimate of drug-likeness (QED) is 0.0304. The number of guanidine groups is 1. The highest BCUT2D eigenvalue weighted by Gasteiger charge is 2.36. The van der Waals surface area contributed by atoms with E-state index in [4.69, 9.17) is 32.8 Å².